The van der Waals surface area contributed by atoms with Gasteiger partial charge in [0.2, 0.25) is 11.9 Å². The number of carbonyl (C=O) groups excluding carboxylic acids is 1. The maximum atomic E-state index is 11.6. The Balaban J connectivity index is 2.29. The maximum Gasteiger partial charge on any atom is 0.224 e. The van der Waals surface area contributed by atoms with E-state index in [4.69, 9.17) is 17.2 Å². The highest BCUT2D eigenvalue weighted by Crippen LogP contribution is 2.08. The molecule has 0 aliphatic carbocycles. The number of likely N-dealkylation sites (tertiary alicyclic amines) is 1. The van der Waals surface area contributed by atoms with E-state index >= 15 is 0 Å². The summed E-state index contributed by atoms with van der Waals surface area (Å²) in [7, 11) is 0. The Kier molecular flexibility index (Phi) is 4.56. The average Bonchev–Trinajstić information content (AvgIpc) is 2.68. The van der Waals surface area contributed by atoms with Gasteiger partial charge in [-0.3, -0.25) is 9.79 Å². The monoisotopic (exact) mass is 226 g/mol. The van der Waals surface area contributed by atoms with Crippen LogP contribution in [0.25, 0.3) is 0 Å². The normalized spacial score (nSPS) is 16.2. The molecule has 0 spiro atoms. The fourth-order valence-corrected chi connectivity index (χ4v) is 1.56. The first-order chi connectivity index (χ1) is 7.59. The van der Waals surface area contributed by atoms with Crippen LogP contribution in [0.3, 0.4) is 0 Å². The third-order valence-corrected chi connectivity index (χ3v) is 2.30. The van der Waals surface area contributed by atoms with Crippen LogP contribution in [0, 0.1) is 0 Å². The quantitative estimate of drug-likeness (QED) is 0.404. The minimum atomic E-state index is -0.132. The third-order valence-electron chi connectivity index (χ3n) is 2.30. The summed E-state index contributed by atoms with van der Waals surface area (Å²) in [6.45, 7) is 2.02. The zero-order valence-electron chi connectivity index (χ0n) is 9.22. The molecular weight excluding hydrogens is 208 g/mol. The number of rotatable bonds is 3. The maximum absolute atomic E-state index is 11.6. The Hall–Kier alpha value is -1.79. The molecule has 16 heavy (non-hydrogen) atoms. The molecule has 0 radical (unpaired) electrons. The third kappa shape index (κ3) is 4.16. The lowest BCUT2D eigenvalue weighted by Gasteiger charge is -2.13. The largest absolute Gasteiger partial charge is 0.370 e. The van der Waals surface area contributed by atoms with Crippen LogP contribution in [0.4, 0.5) is 0 Å². The van der Waals surface area contributed by atoms with Gasteiger partial charge in [-0.15, -0.1) is 0 Å². The molecule has 1 aliphatic heterocycles. The van der Waals surface area contributed by atoms with Crippen molar-refractivity contribution in [1.29, 1.82) is 0 Å². The summed E-state index contributed by atoms with van der Waals surface area (Å²) < 4.78 is 0. The molecule has 90 valence electrons. The van der Waals surface area contributed by atoms with Crippen molar-refractivity contribution >= 4 is 17.8 Å². The van der Waals surface area contributed by atoms with E-state index in [-0.39, 0.29) is 17.8 Å². The molecular formula is C9H18N6O. The first-order valence-electron chi connectivity index (χ1n) is 5.27. The minimum Gasteiger partial charge on any atom is -0.370 e. The van der Waals surface area contributed by atoms with Gasteiger partial charge in [-0.25, -0.2) is 0 Å². The van der Waals surface area contributed by atoms with Gasteiger partial charge in [-0.1, -0.05) is 0 Å². The summed E-state index contributed by atoms with van der Waals surface area (Å²) in [4.78, 5) is 20.8. The van der Waals surface area contributed by atoms with Gasteiger partial charge in [0.15, 0.2) is 5.96 Å². The van der Waals surface area contributed by atoms with Crippen LogP contribution >= 0.6 is 0 Å². The van der Waals surface area contributed by atoms with Gasteiger partial charge < -0.3 is 22.1 Å². The lowest BCUT2D eigenvalue weighted by molar-refractivity contribution is -0.129. The molecule has 0 atom stereocenters. The van der Waals surface area contributed by atoms with E-state index in [9.17, 15) is 4.79 Å². The molecule has 1 saturated heterocycles. The van der Waals surface area contributed by atoms with Crippen molar-refractivity contribution in [3.63, 3.8) is 0 Å². The topological polar surface area (TPSA) is 123 Å². The van der Waals surface area contributed by atoms with Crippen LogP contribution in [-0.4, -0.2) is 42.4 Å². The van der Waals surface area contributed by atoms with E-state index in [0.717, 1.165) is 25.9 Å². The smallest absolute Gasteiger partial charge is 0.224 e. The molecule has 0 unspecified atom stereocenters. The highest BCUT2D eigenvalue weighted by atomic mass is 16.2. The molecule has 7 nitrogen and oxygen atoms in total. The summed E-state index contributed by atoms with van der Waals surface area (Å²) in [6.07, 6.45) is 2.52. The highest BCUT2D eigenvalue weighted by Gasteiger charge is 2.16. The van der Waals surface area contributed by atoms with Gasteiger partial charge in [0.25, 0.3) is 0 Å². The highest BCUT2D eigenvalue weighted by molar-refractivity contribution is 5.92. The fraction of sp³-hybridized carbons (Fsp3) is 0.667. The van der Waals surface area contributed by atoms with Gasteiger partial charge in [0.05, 0.1) is 6.54 Å². The van der Waals surface area contributed by atoms with E-state index in [1.54, 1.807) is 0 Å². The molecule has 1 amide bonds. The van der Waals surface area contributed by atoms with Crippen LogP contribution < -0.4 is 17.2 Å². The number of nitrogens with zero attached hydrogens (tertiary/aromatic N) is 3. The number of guanidine groups is 2. The first kappa shape index (κ1) is 12.3. The lowest BCUT2D eigenvalue weighted by Crippen LogP contribution is -2.28. The molecule has 1 aliphatic rings. The second kappa shape index (κ2) is 5.94. The van der Waals surface area contributed by atoms with Crippen LogP contribution in [0.15, 0.2) is 9.98 Å². The summed E-state index contributed by atoms with van der Waals surface area (Å²) >= 11 is 0. The van der Waals surface area contributed by atoms with Crippen LogP contribution in [0.5, 0.6) is 0 Å². The summed E-state index contributed by atoms with van der Waals surface area (Å²) in [5.41, 5.74) is 15.6. The molecule has 0 saturated carbocycles. The standard InChI is InChI=1S/C9H18N6O/c10-8(11)14-9(12)13-4-3-7(16)15-5-1-2-6-15/h1-6H2,(H6,10,11,12,13,14). The molecule has 6 N–H and O–H groups in total. The molecule has 0 aromatic carbocycles. The lowest BCUT2D eigenvalue weighted by atomic mass is 10.4. The fourth-order valence-electron chi connectivity index (χ4n) is 1.56. The molecule has 1 rings (SSSR count). The number of aliphatic imine (C=N–C) groups is 2. The first-order valence-corrected chi connectivity index (χ1v) is 5.27. The van der Waals surface area contributed by atoms with Crippen molar-refractivity contribution in [2.75, 3.05) is 19.6 Å². The molecule has 7 heteroatoms. The van der Waals surface area contributed by atoms with Crippen molar-refractivity contribution < 1.29 is 4.79 Å². The predicted molar refractivity (Wildman–Crippen MR) is 62.7 cm³/mol. The van der Waals surface area contributed by atoms with Crippen molar-refractivity contribution in [2.24, 2.45) is 27.2 Å². The van der Waals surface area contributed by atoms with E-state index < -0.39 is 0 Å². The molecule has 0 aromatic rings. The Morgan fingerprint density at radius 2 is 1.81 bits per heavy atom. The Bertz CT molecular complexity index is 301. The zero-order chi connectivity index (χ0) is 12.0. The molecule has 0 bridgehead atoms. The van der Waals surface area contributed by atoms with E-state index in [0.29, 0.717) is 13.0 Å². The number of hydrogen-bond acceptors (Lipinski definition) is 2. The second-order valence-electron chi connectivity index (χ2n) is 3.61. The van der Waals surface area contributed by atoms with Gasteiger partial charge >= 0.3 is 0 Å². The molecule has 1 heterocycles. The van der Waals surface area contributed by atoms with Crippen LogP contribution in [0.1, 0.15) is 19.3 Å². The van der Waals surface area contributed by atoms with E-state index in [1.165, 1.54) is 0 Å². The van der Waals surface area contributed by atoms with Crippen molar-refractivity contribution in [1.82, 2.24) is 4.90 Å². The number of carbonyl (C=O) groups is 1. The SMILES string of the molecule is NC(N)=NC(N)=NCCC(=O)N1CCCC1. The second-order valence-corrected chi connectivity index (χ2v) is 3.61. The predicted octanol–water partition coefficient (Wildman–Crippen LogP) is -1.41. The van der Waals surface area contributed by atoms with E-state index in [2.05, 4.69) is 9.98 Å². The van der Waals surface area contributed by atoms with Crippen LogP contribution in [0.2, 0.25) is 0 Å². The van der Waals surface area contributed by atoms with Crippen molar-refractivity contribution in [3.8, 4) is 0 Å². The summed E-state index contributed by atoms with van der Waals surface area (Å²) in [6, 6.07) is 0. The van der Waals surface area contributed by atoms with Gasteiger partial charge in [0, 0.05) is 19.5 Å². The van der Waals surface area contributed by atoms with Gasteiger partial charge in [0.1, 0.15) is 0 Å². The number of amides is 1. The molecule has 1 fully saturated rings. The van der Waals surface area contributed by atoms with E-state index in [1.807, 2.05) is 4.90 Å². The summed E-state index contributed by atoms with van der Waals surface area (Å²) in [5.74, 6) is -0.0138. The number of hydrogen-bond donors (Lipinski definition) is 3. The Morgan fingerprint density at radius 1 is 1.19 bits per heavy atom. The molecule has 0 aromatic heterocycles. The minimum absolute atomic E-state index is 0.00854. The van der Waals surface area contributed by atoms with Gasteiger partial charge in [-0.05, 0) is 12.8 Å². The Morgan fingerprint density at radius 3 is 2.38 bits per heavy atom. The van der Waals surface area contributed by atoms with Crippen molar-refractivity contribution in [3.05, 3.63) is 0 Å². The van der Waals surface area contributed by atoms with Crippen LogP contribution in [-0.2, 0) is 4.79 Å². The zero-order valence-corrected chi connectivity index (χ0v) is 9.22. The summed E-state index contributed by atoms with van der Waals surface area (Å²) in [5, 5.41) is 0. The van der Waals surface area contributed by atoms with Crippen molar-refractivity contribution in [2.45, 2.75) is 19.3 Å². The number of nitrogens with two attached hydrogens (primary N) is 3. The van der Waals surface area contributed by atoms with Gasteiger partial charge in [-0.2, -0.15) is 4.99 Å². The average molecular weight is 226 g/mol. The Labute approximate surface area is 94.4 Å².